The molecule has 0 radical (unpaired) electrons. The molecular weight excluding hydrogens is 391 g/mol. The lowest BCUT2D eigenvalue weighted by molar-refractivity contribution is -0.138. The Labute approximate surface area is 142 Å². The molecule has 0 aliphatic heterocycles. The van der Waals surface area contributed by atoms with Gasteiger partial charge in [-0.3, -0.25) is 9.59 Å². The second-order valence-electron chi connectivity index (χ2n) is 4.73. The molecule has 126 valence electrons. The van der Waals surface area contributed by atoms with E-state index in [9.17, 15) is 22.8 Å². The summed E-state index contributed by atoms with van der Waals surface area (Å²) in [7, 11) is 0. The van der Waals surface area contributed by atoms with Crippen LogP contribution in [0.2, 0.25) is 0 Å². The highest BCUT2D eigenvalue weighted by molar-refractivity contribution is 9.10. The van der Waals surface area contributed by atoms with Crippen LogP contribution in [0.3, 0.4) is 0 Å². The highest BCUT2D eigenvalue weighted by Gasteiger charge is 2.31. The molecule has 0 saturated heterocycles. The smallest absolute Gasteiger partial charge is 0.305 e. The van der Waals surface area contributed by atoms with E-state index in [0.29, 0.717) is 16.8 Å². The van der Waals surface area contributed by atoms with Crippen molar-refractivity contribution < 1.29 is 18.0 Å². The average molecular weight is 402 g/mol. The maximum Gasteiger partial charge on any atom is 0.417 e. The molecule has 1 aromatic carbocycles. The molecule has 2 rings (SSSR count). The quantitative estimate of drug-likeness (QED) is 0.632. The number of hydrogen-bond donors (Lipinski definition) is 1. The fourth-order valence-corrected chi connectivity index (χ4v) is 2.00. The number of carbonyl (C=O) groups excluding carboxylic acids is 1. The molecule has 24 heavy (non-hydrogen) atoms. The number of alkyl halides is 3. The fraction of sp³-hybridized carbons (Fsp3) is 0.133. The average Bonchev–Trinajstić information content (AvgIpc) is 2.50. The molecule has 9 heteroatoms. The molecule has 0 unspecified atom stereocenters. The first-order valence-electron chi connectivity index (χ1n) is 6.61. The number of hydrazone groups is 1. The molecule has 1 amide bonds. The monoisotopic (exact) mass is 401 g/mol. The standard InChI is InChI=1S/C15H11BrF3N3O2/c16-12-4-1-10(2-5-12)7-20-21-13(23)9-22-8-11(15(17,18)19)3-6-14(22)24/h1-8H,9H2,(H,21,23). The Bertz CT molecular complexity index is 814. The lowest BCUT2D eigenvalue weighted by Gasteiger charge is -2.09. The summed E-state index contributed by atoms with van der Waals surface area (Å²) >= 11 is 3.27. The van der Waals surface area contributed by atoms with Crippen LogP contribution in [0.15, 0.2) is 57.0 Å². The number of pyridine rings is 1. The first-order valence-corrected chi connectivity index (χ1v) is 7.40. The predicted octanol–water partition coefficient (Wildman–Crippen LogP) is 2.78. The number of benzene rings is 1. The third-order valence-electron chi connectivity index (χ3n) is 2.90. The molecule has 0 aliphatic carbocycles. The van der Waals surface area contributed by atoms with Crippen LogP contribution >= 0.6 is 15.9 Å². The van der Waals surface area contributed by atoms with Gasteiger partial charge >= 0.3 is 6.18 Å². The van der Waals surface area contributed by atoms with Gasteiger partial charge in [0.25, 0.3) is 11.5 Å². The van der Waals surface area contributed by atoms with E-state index in [0.717, 1.165) is 16.1 Å². The van der Waals surface area contributed by atoms with Crippen molar-refractivity contribution in [3.05, 3.63) is 68.5 Å². The second-order valence-corrected chi connectivity index (χ2v) is 5.64. The Morgan fingerprint density at radius 1 is 1.21 bits per heavy atom. The number of aromatic nitrogens is 1. The van der Waals surface area contributed by atoms with E-state index in [1.165, 1.54) is 6.21 Å². The van der Waals surface area contributed by atoms with E-state index in [2.05, 4.69) is 26.5 Å². The van der Waals surface area contributed by atoms with Gasteiger partial charge in [0.1, 0.15) is 6.54 Å². The summed E-state index contributed by atoms with van der Waals surface area (Å²) in [6.45, 7) is -0.569. The molecule has 0 atom stereocenters. The maximum absolute atomic E-state index is 12.6. The van der Waals surface area contributed by atoms with Crippen molar-refractivity contribution in [2.45, 2.75) is 12.7 Å². The highest BCUT2D eigenvalue weighted by atomic mass is 79.9. The Balaban J connectivity index is 2.02. The summed E-state index contributed by atoms with van der Waals surface area (Å²) in [5.41, 5.74) is 1.16. The van der Waals surface area contributed by atoms with Gasteiger partial charge in [-0.25, -0.2) is 5.43 Å². The lowest BCUT2D eigenvalue weighted by Crippen LogP contribution is -2.30. The molecular formula is C15H11BrF3N3O2. The van der Waals surface area contributed by atoms with Crippen molar-refractivity contribution in [1.29, 1.82) is 0 Å². The minimum Gasteiger partial charge on any atom is -0.305 e. The van der Waals surface area contributed by atoms with Gasteiger partial charge in [0.15, 0.2) is 0 Å². The number of amides is 1. The summed E-state index contributed by atoms with van der Waals surface area (Å²) in [5, 5.41) is 3.69. The Hall–Kier alpha value is -2.42. The number of hydrogen-bond acceptors (Lipinski definition) is 3. The first-order chi connectivity index (χ1) is 11.3. The van der Waals surface area contributed by atoms with Crippen molar-refractivity contribution in [3.63, 3.8) is 0 Å². The zero-order valence-corrected chi connectivity index (χ0v) is 13.6. The Kier molecular flexibility index (Phi) is 5.55. The summed E-state index contributed by atoms with van der Waals surface area (Å²) < 4.78 is 39.4. The van der Waals surface area contributed by atoms with Gasteiger partial charge in [-0.15, -0.1) is 0 Å². The van der Waals surface area contributed by atoms with Gasteiger partial charge in [-0.05, 0) is 23.8 Å². The molecule has 1 N–H and O–H groups in total. The molecule has 0 saturated carbocycles. The van der Waals surface area contributed by atoms with Crippen molar-refractivity contribution in [1.82, 2.24) is 9.99 Å². The van der Waals surface area contributed by atoms with E-state index in [1.807, 2.05) is 0 Å². The van der Waals surface area contributed by atoms with E-state index in [1.54, 1.807) is 24.3 Å². The fourth-order valence-electron chi connectivity index (χ4n) is 1.74. The van der Waals surface area contributed by atoms with Crippen LogP contribution in [-0.2, 0) is 17.5 Å². The van der Waals surface area contributed by atoms with Gasteiger partial charge in [0.05, 0.1) is 11.8 Å². The van der Waals surface area contributed by atoms with E-state index in [-0.39, 0.29) is 0 Å². The highest BCUT2D eigenvalue weighted by Crippen LogP contribution is 2.27. The minimum absolute atomic E-state index is 0.569. The van der Waals surface area contributed by atoms with Crippen molar-refractivity contribution in [2.24, 2.45) is 5.10 Å². The minimum atomic E-state index is -4.59. The van der Waals surface area contributed by atoms with Crippen LogP contribution < -0.4 is 11.0 Å². The molecule has 1 heterocycles. The SMILES string of the molecule is O=C(Cn1cc(C(F)(F)F)ccc1=O)NN=Cc1ccc(Br)cc1. The summed E-state index contributed by atoms with van der Waals surface area (Å²) in [6, 6.07) is 8.49. The van der Waals surface area contributed by atoms with Crippen LogP contribution in [-0.4, -0.2) is 16.7 Å². The predicted molar refractivity (Wildman–Crippen MR) is 85.6 cm³/mol. The normalized spacial score (nSPS) is 11.7. The third-order valence-corrected chi connectivity index (χ3v) is 3.43. The van der Waals surface area contributed by atoms with Crippen LogP contribution in [0.1, 0.15) is 11.1 Å². The zero-order chi connectivity index (χ0) is 17.7. The molecule has 1 aromatic heterocycles. The van der Waals surface area contributed by atoms with E-state index >= 15 is 0 Å². The molecule has 5 nitrogen and oxygen atoms in total. The van der Waals surface area contributed by atoms with Gasteiger partial charge in [0, 0.05) is 16.7 Å². The Morgan fingerprint density at radius 2 is 1.88 bits per heavy atom. The number of nitrogens with zero attached hydrogens (tertiary/aromatic N) is 2. The molecule has 0 aliphatic rings. The largest absolute Gasteiger partial charge is 0.417 e. The summed E-state index contributed by atoms with van der Waals surface area (Å²) in [5.74, 6) is -0.718. The zero-order valence-electron chi connectivity index (χ0n) is 12.0. The number of nitrogens with one attached hydrogen (secondary N) is 1. The number of carbonyl (C=O) groups is 1. The van der Waals surface area contributed by atoms with Gasteiger partial charge in [-0.1, -0.05) is 28.1 Å². The molecule has 2 aromatic rings. The summed E-state index contributed by atoms with van der Waals surface area (Å²) in [6.07, 6.45) is -2.62. The van der Waals surface area contributed by atoms with Crippen LogP contribution in [0, 0.1) is 0 Å². The van der Waals surface area contributed by atoms with Crippen LogP contribution in [0.5, 0.6) is 0 Å². The second kappa shape index (κ2) is 7.43. The maximum atomic E-state index is 12.6. The van der Waals surface area contributed by atoms with Gasteiger partial charge in [0.2, 0.25) is 0 Å². The van der Waals surface area contributed by atoms with Crippen molar-refractivity contribution in [2.75, 3.05) is 0 Å². The van der Waals surface area contributed by atoms with Crippen LogP contribution in [0.25, 0.3) is 0 Å². The summed E-state index contributed by atoms with van der Waals surface area (Å²) in [4.78, 5) is 23.2. The topological polar surface area (TPSA) is 63.5 Å². The van der Waals surface area contributed by atoms with Crippen LogP contribution in [0.4, 0.5) is 13.2 Å². The lowest BCUT2D eigenvalue weighted by atomic mass is 10.2. The first kappa shape index (κ1) is 17.9. The number of halogens is 4. The molecule has 0 fully saturated rings. The van der Waals surface area contributed by atoms with Gasteiger partial charge in [-0.2, -0.15) is 18.3 Å². The molecule has 0 spiro atoms. The van der Waals surface area contributed by atoms with Crippen molar-refractivity contribution in [3.8, 4) is 0 Å². The number of rotatable bonds is 4. The molecule has 0 bridgehead atoms. The Morgan fingerprint density at radius 3 is 2.50 bits per heavy atom. The van der Waals surface area contributed by atoms with E-state index < -0.39 is 29.8 Å². The van der Waals surface area contributed by atoms with Gasteiger partial charge < -0.3 is 4.57 Å². The third kappa shape index (κ3) is 5.05. The van der Waals surface area contributed by atoms with Crippen molar-refractivity contribution >= 4 is 28.1 Å². The van der Waals surface area contributed by atoms with E-state index in [4.69, 9.17) is 0 Å².